The minimum Gasteiger partial charge on any atom is -0.396 e. The van der Waals surface area contributed by atoms with Crippen molar-refractivity contribution in [3.63, 3.8) is 0 Å². The Morgan fingerprint density at radius 1 is 1.65 bits per heavy atom. The van der Waals surface area contributed by atoms with Gasteiger partial charge in [0, 0.05) is 19.7 Å². The lowest BCUT2D eigenvalue weighted by Gasteiger charge is -2.20. The molecule has 0 spiro atoms. The number of hydrogen-bond donors (Lipinski definition) is 1. The first-order chi connectivity index (χ1) is 8.10. The number of carbonyl (C=O) groups excluding carboxylic acids is 1. The lowest BCUT2D eigenvalue weighted by Crippen LogP contribution is -2.32. The Morgan fingerprint density at radius 3 is 2.94 bits per heavy atom. The minimum atomic E-state index is -0.601. The van der Waals surface area contributed by atoms with Crippen molar-refractivity contribution in [2.45, 2.75) is 13.3 Å². The Kier molecular flexibility index (Phi) is 5.31. The van der Waals surface area contributed by atoms with Gasteiger partial charge in [0.2, 0.25) is 0 Å². The summed E-state index contributed by atoms with van der Waals surface area (Å²) < 4.78 is 13.0. The summed E-state index contributed by atoms with van der Waals surface area (Å²) in [6.45, 7) is 2.67. The Labute approximate surface area is 104 Å². The first-order valence-corrected chi connectivity index (χ1v) is 5.69. The molecule has 0 aromatic carbocycles. The maximum atomic E-state index is 13.0. The summed E-state index contributed by atoms with van der Waals surface area (Å²) in [6, 6.07) is 1.07. The highest BCUT2D eigenvalue weighted by Crippen LogP contribution is 2.16. The molecule has 1 N–H and O–H groups in total. The van der Waals surface area contributed by atoms with E-state index in [-0.39, 0.29) is 23.2 Å². The van der Waals surface area contributed by atoms with Crippen molar-refractivity contribution in [2.24, 2.45) is 0 Å². The second-order valence-electron chi connectivity index (χ2n) is 3.45. The van der Waals surface area contributed by atoms with Gasteiger partial charge >= 0.3 is 0 Å². The van der Waals surface area contributed by atoms with Crippen LogP contribution < -0.4 is 0 Å². The molecule has 6 heteroatoms. The standard InChI is InChI=1S/C11H14ClFN2O2/c1-2-15(4-3-5-16)11(17)9-6-8(13)7-14-10(9)12/h6-7,16H,2-5H2,1H3. The van der Waals surface area contributed by atoms with E-state index in [0.29, 0.717) is 19.5 Å². The van der Waals surface area contributed by atoms with Crippen molar-refractivity contribution in [1.82, 2.24) is 9.88 Å². The van der Waals surface area contributed by atoms with Crippen molar-refractivity contribution in [1.29, 1.82) is 0 Å². The third kappa shape index (κ3) is 3.64. The maximum absolute atomic E-state index is 13.0. The number of nitrogens with zero attached hydrogens (tertiary/aromatic N) is 2. The van der Waals surface area contributed by atoms with Crippen molar-refractivity contribution >= 4 is 17.5 Å². The summed E-state index contributed by atoms with van der Waals surface area (Å²) in [5.74, 6) is -0.978. The zero-order valence-electron chi connectivity index (χ0n) is 9.49. The van der Waals surface area contributed by atoms with E-state index in [4.69, 9.17) is 16.7 Å². The smallest absolute Gasteiger partial charge is 0.257 e. The lowest BCUT2D eigenvalue weighted by molar-refractivity contribution is 0.0753. The number of hydrogen-bond acceptors (Lipinski definition) is 3. The fraction of sp³-hybridized carbons (Fsp3) is 0.455. The fourth-order valence-corrected chi connectivity index (χ4v) is 1.59. The van der Waals surface area contributed by atoms with E-state index >= 15 is 0 Å². The first-order valence-electron chi connectivity index (χ1n) is 5.31. The predicted octanol–water partition coefficient (Wildman–Crippen LogP) is 1.72. The molecule has 0 aliphatic rings. The van der Waals surface area contributed by atoms with E-state index in [2.05, 4.69) is 4.98 Å². The summed E-state index contributed by atoms with van der Waals surface area (Å²) in [7, 11) is 0. The molecule has 4 nitrogen and oxygen atoms in total. The molecule has 0 saturated carbocycles. The summed E-state index contributed by atoms with van der Waals surface area (Å²) >= 11 is 5.75. The number of pyridine rings is 1. The van der Waals surface area contributed by atoms with Gasteiger partial charge in [0.1, 0.15) is 11.0 Å². The highest BCUT2D eigenvalue weighted by molar-refractivity contribution is 6.32. The molecule has 1 heterocycles. The molecular formula is C11H14ClFN2O2. The minimum absolute atomic E-state index is 0.00108. The number of carbonyl (C=O) groups is 1. The second-order valence-corrected chi connectivity index (χ2v) is 3.81. The molecule has 1 aromatic heterocycles. The van der Waals surface area contributed by atoms with Crippen molar-refractivity contribution in [3.8, 4) is 0 Å². The third-order valence-corrected chi connectivity index (χ3v) is 2.59. The molecule has 1 aromatic rings. The number of aliphatic hydroxyl groups excluding tert-OH is 1. The summed E-state index contributed by atoms with van der Waals surface area (Å²) in [6.07, 6.45) is 1.43. The first kappa shape index (κ1) is 13.9. The molecule has 0 atom stereocenters. The van der Waals surface area contributed by atoms with Gasteiger partial charge in [-0.1, -0.05) is 11.6 Å². The van der Waals surface area contributed by atoms with Crippen LogP contribution in [-0.2, 0) is 0 Å². The molecule has 0 fully saturated rings. The molecule has 0 bridgehead atoms. The summed E-state index contributed by atoms with van der Waals surface area (Å²) in [5, 5.41) is 8.71. The quantitative estimate of drug-likeness (QED) is 0.820. The molecule has 0 saturated heterocycles. The van der Waals surface area contributed by atoms with E-state index in [9.17, 15) is 9.18 Å². The van der Waals surface area contributed by atoms with Gasteiger partial charge in [-0.2, -0.15) is 0 Å². The Balaban J connectivity index is 2.89. The molecule has 1 rings (SSSR count). The van der Waals surface area contributed by atoms with E-state index in [1.54, 1.807) is 6.92 Å². The van der Waals surface area contributed by atoms with Gasteiger partial charge in [-0.15, -0.1) is 0 Å². The van der Waals surface area contributed by atoms with Crippen LogP contribution in [0, 0.1) is 5.82 Å². The Hall–Kier alpha value is -1.20. The maximum Gasteiger partial charge on any atom is 0.257 e. The SMILES string of the molecule is CCN(CCCO)C(=O)c1cc(F)cnc1Cl. The average Bonchev–Trinajstić information content (AvgIpc) is 2.33. The number of halogens is 2. The molecule has 94 valence electrons. The fourth-order valence-electron chi connectivity index (χ4n) is 1.41. The molecule has 0 radical (unpaired) electrons. The lowest BCUT2D eigenvalue weighted by atomic mass is 10.2. The van der Waals surface area contributed by atoms with Crippen molar-refractivity contribution in [3.05, 3.63) is 28.8 Å². The van der Waals surface area contributed by atoms with Crippen LogP contribution in [0.1, 0.15) is 23.7 Å². The van der Waals surface area contributed by atoms with Gasteiger partial charge in [-0.05, 0) is 19.4 Å². The molecule has 0 aliphatic carbocycles. The second kappa shape index (κ2) is 6.51. The van der Waals surface area contributed by atoms with Crippen LogP contribution in [0.25, 0.3) is 0 Å². The Morgan fingerprint density at radius 2 is 2.35 bits per heavy atom. The number of aromatic nitrogens is 1. The molecule has 0 aliphatic heterocycles. The molecule has 17 heavy (non-hydrogen) atoms. The van der Waals surface area contributed by atoms with Gasteiger partial charge < -0.3 is 10.0 Å². The van der Waals surface area contributed by atoms with Crippen molar-refractivity contribution < 1.29 is 14.3 Å². The summed E-state index contributed by atoms with van der Waals surface area (Å²) in [4.78, 5) is 17.1. The highest BCUT2D eigenvalue weighted by Gasteiger charge is 2.18. The zero-order chi connectivity index (χ0) is 12.8. The number of rotatable bonds is 5. The number of aliphatic hydroxyl groups is 1. The highest BCUT2D eigenvalue weighted by atomic mass is 35.5. The van der Waals surface area contributed by atoms with Crippen LogP contribution in [0.2, 0.25) is 5.15 Å². The van der Waals surface area contributed by atoms with Crippen LogP contribution in [0.3, 0.4) is 0 Å². The van der Waals surface area contributed by atoms with E-state index in [1.165, 1.54) is 4.90 Å². The van der Waals surface area contributed by atoms with Crippen molar-refractivity contribution in [2.75, 3.05) is 19.7 Å². The van der Waals surface area contributed by atoms with Gasteiger partial charge in [0.15, 0.2) is 0 Å². The van der Waals surface area contributed by atoms with Gasteiger partial charge in [0.25, 0.3) is 5.91 Å². The topological polar surface area (TPSA) is 53.4 Å². The van der Waals surface area contributed by atoms with E-state index < -0.39 is 5.82 Å². The van der Waals surface area contributed by atoms with E-state index in [1.807, 2.05) is 0 Å². The molecule has 1 amide bonds. The van der Waals surface area contributed by atoms with Crippen LogP contribution in [0.4, 0.5) is 4.39 Å². The zero-order valence-corrected chi connectivity index (χ0v) is 10.2. The van der Waals surface area contributed by atoms with Gasteiger partial charge in [-0.25, -0.2) is 9.37 Å². The predicted molar refractivity (Wildman–Crippen MR) is 62.5 cm³/mol. The molecular weight excluding hydrogens is 247 g/mol. The summed E-state index contributed by atoms with van der Waals surface area (Å²) in [5.41, 5.74) is 0.0476. The molecule has 0 unspecified atom stereocenters. The van der Waals surface area contributed by atoms with Gasteiger partial charge in [0.05, 0.1) is 11.8 Å². The van der Waals surface area contributed by atoms with Crippen LogP contribution in [0.5, 0.6) is 0 Å². The van der Waals surface area contributed by atoms with Gasteiger partial charge in [-0.3, -0.25) is 4.79 Å². The van der Waals surface area contributed by atoms with Crippen LogP contribution in [-0.4, -0.2) is 40.6 Å². The number of amides is 1. The average molecular weight is 261 g/mol. The monoisotopic (exact) mass is 260 g/mol. The Bertz CT molecular complexity index is 401. The van der Waals surface area contributed by atoms with Crippen LogP contribution >= 0.6 is 11.6 Å². The van der Waals surface area contributed by atoms with E-state index in [0.717, 1.165) is 12.3 Å². The normalized spacial score (nSPS) is 10.4. The third-order valence-electron chi connectivity index (χ3n) is 2.29. The van der Waals surface area contributed by atoms with Crippen LogP contribution in [0.15, 0.2) is 12.3 Å². The largest absolute Gasteiger partial charge is 0.396 e.